The van der Waals surface area contributed by atoms with Gasteiger partial charge in [0.2, 0.25) is 5.91 Å². The van der Waals surface area contributed by atoms with E-state index in [0.717, 1.165) is 22.0 Å². The van der Waals surface area contributed by atoms with Crippen molar-refractivity contribution in [2.75, 3.05) is 18.9 Å². The smallest absolute Gasteiger partial charge is 0.270 e. The molecule has 1 aromatic carbocycles. The van der Waals surface area contributed by atoms with Crippen LogP contribution < -0.4 is 5.32 Å². The van der Waals surface area contributed by atoms with E-state index in [1.54, 1.807) is 20.0 Å². The van der Waals surface area contributed by atoms with Crippen LogP contribution in [0.1, 0.15) is 27.4 Å². The second-order valence-corrected chi connectivity index (χ2v) is 6.26. The molecule has 2 aromatic heterocycles. The monoisotopic (exact) mass is 340 g/mol. The maximum Gasteiger partial charge on any atom is 0.270 e. The summed E-state index contributed by atoms with van der Waals surface area (Å²) in [6.07, 6.45) is 0. The van der Waals surface area contributed by atoms with Crippen LogP contribution in [0.25, 0.3) is 10.9 Å². The normalized spacial score (nSPS) is 10.9. The van der Waals surface area contributed by atoms with Crippen molar-refractivity contribution >= 4 is 28.5 Å². The van der Waals surface area contributed by atoms with Gasteiger partial charge in [-0.1, -0.05) is 11.2 Å². The Hall–Kier alpha value is -3.09. The molecule has 2 amide bonds. The molecule has 2 heterocycles. The minimum Gasteiger partial charge on any atom is -0.360 e. The van der Waals surface area contributed by atoms with Gasteiger partial charge in [-0.15, -0.1) is 0 Å². The molecular weight excluding hydrogens is 320 g/mol. The van der Waals surface area contributed by atoms with E-state index in [-0.39, 0.29) is 18.4 Å². The van der Waals surface area contributed by atoms with Crippen molar-refractivity contribution < 1.29 is 14.1 Å². The Morgan fingerprint density at radius 2 is 1.96 bits per heavy atom. The number of aromatic amines is 1. The van der Waals surface area contributed by atoms with Gasteiger partial charge in [-0.2, -0.15) is 0 Å². The van der Waals surface area contributed by atoms with Crippen molar-refractivity contribution in [2.24, 2.45) is 0 Å². The molecule has 0 radical (unpaired) electrons. The van der Waals surface area contributed by atoms with Gasteiger partial charge < -0.3 is 19.7 Å². The van der Waals surface area contributed by atoms with Crippen molar-refractivity contribution in [1.29, 1.82) is 0 Å². The Kier molecular flexibility index (Phi) is 4.31. The number of aromatic nitrogens is 2. The molecule has 0 bridgehead atoms. The molecule has 0 saturated heterocycles. The zero-order chi connectivity index (χ0) is 18.1. The highest BCUT2D eigenvalue weighted by atomic mass is 16.5. The van der Waals surface area contributed by atoms with Crippen LogP contribution in [0.2, 0.25) is 0 Å². The maximum absolute atomic E-state index is 12.6. The highest BCUT2D eigenvalue weighted by molar-refractivity contribution is 6.01. The molecule has 0 aliphatic rings. The highest BCUT2D eigenvalue weighted by Crippen LogP contribution is 2.22. The van der Waals surface area contributed by atoms with Gasteiger partial charge in [0.25, 0.3) is 5.91 Å². The van der Waals surface area contributed by atoms with Gasteiger partial charge in [-0.25, -0.2) is 0 Å². The summed E-state index contributed by atoms with van der Waals surface area (Å²) in [5.41, 5.74) is 3.60. The molecule has 7 heteroatoms. The molecule has 0 atom stereocenters. The fourth-order valence-electron chi connectivity index (χ4n) is 2.82. The van der Waals surface area contributed by atoms with Gasteiger partial charge in [0.05, 0.1) is 6.54 Å². The molecule has 25 heavy (non-hydrogen) atoms. The van der Waals surface area contributed by atoms with Gasteiger partial charge in [-0.05, 0) is 44.0 Å². The maximum atomic E-state index is 12.6. The first-order valence-electron chi connectivity index (χ1n) is 7.92. The lowest BCUT2D eigenvalue weighted by Gasteiger charge is -2.15. The van der Waals surface area contributed by atoms with Crippen LogP contribution in [-0.2, 0) is 4.79 Å². The summed E-state index contributed by atoms with van der Waals surface area (Å²) in [5.74, 6) is 0.343. The SMILES string of the molecule is Cc1cc(C)c2cc(C(=O)N(C)CC(=O)Nc3cc(C)on3)[nH]c2c1. The van der Waals surface area contributed by atoms with E-state index in [9.17, 15) is 9.59 Å². The van der Waals surface area contributed by atoms with Crippen LogP contribution in [0.5, 0.6) is 0 Å². The number of hydrogen-bond donors (Lipinski definition) is 2. The molecular formula is C18H20N4O3. The summed E-state index contributed by atoms with van der Waals surface area (Å²) in [6, 6.07) is 7.50. The second kappa shape index (κ2) is 6.43. The fourth-order valence-corrected chi connectivity index (χ4v) is 2.82. The standard InChI is InChI=1S/C18H20N4O3/c1-10-5-11(2)13-8-15(19-14(13)6-10)18(24)22(4)9-17(23)20-16-7-12(3)25-21-16/h5-8,19H,9H2,1-4H3,(H,20,21,23). The summed E-state index contributed by atoms with van der Waals surface area (Å²) >= 11 is 0. The first kappa shape index (κ1) is 16.8. The van der Waals surface area contributed by atoms with E-state index in [1.807, 2.05) is 26.0 Å². The van der Waals surface area contributed by atoms with Crippen molar-refractivity contribution in [3.63, 3.8) is 0 Å². The third-order valence-electron chi connectivity index (χ3n) is 3.94. The minimum atomic E-state index is -0.340. The Labute approximate surface area is 145 Å². The number of benzene rings is 1. The molecule has 0 unspecified atom stereocenters. The van der Waals surface area contributed by atoms with Crippen LogP contribution in [0.3, 0.4) is 0 Å². The Balaban J connectivity index is 1.71. The van der Waals surface area contributed by atoms with Gasteiger partial charge in [-0.3, -0.25) is 9.59 Å². The lowest BCUT2D eigenvalue weighted by atomic mass is 10.1. The summed E-state index contributed by atoms with van der Waals surface area (Å²) in [4.78, 5) is 29.1. The number of nitrogens with zero attached hydrogens (tertiary/aromatic N) is 2. The largest absolute Gasteiger partial charge is 0.360 e. The summed E-state index contributed by atoms with van der Waals surface area (Å²) < 4.78 is 4.89. The molecule has 0 saturated carbocycles. The number of likely N-dealkylation sites (N-methyl/N-ethyl adjacent to an activating group) is 1. The van der Waals surface area contributed by atoms with E-state index < -0.39 is 0 Å². The zero-order valence-electron chi connectivity index (χ0n) is 14.6. The van der Waals surface area contributed by atoms with Crippen LogP contribution in [0.15, 0.2) is 28.8 Å². The van der Waals surface area contributed by atoms with Crippen LogP contribution in [0, 0.1) is 20.8 Å². The number of rotatable bonds is 4. The summed E-state index contributed by atoms with van der Waals surface area (Å²) in [7, 11) is 1.58. The zero-order valence-corrected chi connectivity index (χ0v) is 14.6. The lowest BCUT2D eigenvalue weighted by molar-refractivity contribution is -0.116. The number of amides is 2. The van der Waals surface area contributed by atoms with Gasteiger partial charge in [0.1, 0.15) is 11.5 Å². The van der Waals surface area contributed by atoms with Crippen molar-refractivity contribution in [3.05, 3.63) is 46.8 Å². The van der Waals surface area contributed by atoms with Crippen LogP contribution in [-0.4, -0.2) is 40.4 Å². The number of H-pyrrole nitrogens is 1. The van der Waals surface area contributed by atoms with E-state index in [4.69, 9.17) is 4.52 Å². The lowest BCUT2D eigenvalue weighted by Crippen LogP contribution is -2.35. The number of fused-ring (bicyclic) bond motifs is 1. The predicted molar refractivity (Wildman–Crippen MR) is 94.6 cm³/mol. The topological polar surface area (TPSA) is 91.2 Å². The van der Waals surface area contributed by atoms with Crippen molar-refractivity contribution in [3.8, 4) is 0 Å². The molecule has 0 aliphatic carbocycles. The Bertz CT molecular complexity index is 955. The number of carbonyl (C=O) groups excluding carboxylic acids is 2. The number of carbonyl (C=O) groups is 2. The van der Waals surface area contributed by atoms with E-state index >= 15 is 0 Å². The van der Waals surface area contributed by atoms with Gasteiger partial charge in [0, 0.05) is 24.0 Å². The van der Waals surface area contributed by atoms with E-state index in [1.165, 1.54) is 4.90 Å². The molecule has 3 rings (SSSR count). The highest BCUT2D eigenvalue weighted by Gasteiger charge is 2.18. The number of anilines is 1. The molecule has 7 nitrogen and oxygen atoms in total. The average Bonchev–Trinajstić information content (AvgIpc) is 3.12. The van der Waals surface area contributed by atoms with Crippen LogP contribution in [0.4, 0.5) is 5.82 Å². The van der Waals surface area contributed by atoms with Gasteiger partial charge >= 0.3 is 0 Å². The van der Waals surface area contributed by atoms with Crippen LogP contribution >= 0.6 is 0 Å². The number of nitrogens with one attached hydrogen (secondary N) is 2. The molecule has 0 fully saturated rings. The summed E-state index contributed by atoms with van der Waals surface area (Å²) in [6.45, 7) is 5.67. The number of aryl methyl sites for hydroxylation is 3. The van der Waals surface area contributed by atoms with Crippen molar-refractivity contribution in [1.82, 2.24) is 15.0 Å². The average molecular weight is 340 g/mol. The quantitative estimate of drug-likeness (QED) is 0.764. The first-order chi connectivity index (χ1) is 11.8. The van der Waals surface area contributed by atoms with Crippen molar-refractivity contribution in [2.45, 2.75) is 20.8 Å². The third kappa shape index (κ3) is 3.55. The molecule has 0 aliphatic heterocycles. The van der Waals surface area contributed by atoms with E-state index in [0.29, 0.717) is 17.3 Å². The fraction of sp³-hybridized carbons (Fsp3) is 0.278. The van der Waals surface area contributed by atoms with Gasteiger partial charge in [0.15, 0.2) is 5.82 Å². The molecule has 130 valence electrons. The third-order valence-corrected chi connectivity index (χ3v) is 3.94. The molecule has 0 spiro atoms. The second-order valence-electron chi connectivity index (χ2n) is 6.26. The molecule has 2 N–H and O–H groups in total. The minimum absolute atomic E-state index is 0.0852. The Morgan fingerprint density at radius 3 is 2.64 bits per heavy atom. The molecule has 3 aromatic rings. The predicted octanol–water partition coefficient (Wildman–Crippen LogP) is 2.79. The van der Waals surface area contributed by atoms with E-state index in [2.05, 4.69) is 21.5 Å². The first-order valence-corrected chi connectivity index (χ1v) is 7.92. The Morgan fingerprint density at radius 1 is 1.20 bits per heavy atom. The number of hydrogen-bond acceptors (Lipinski definition) is 4. The summed E-state index contributed by atoms with van der Waals surface area (Å²) in [5, 5.41) is 7.30.